The first-order valence-corrected chi connectivity index (χ1v) is 7.42. The molecule has 23 heavy (non-hydrogen) atoms. The van der Waals surface area contributed by atoms with Crippen LogP contribution in [0, 0.1) is 17.0 Å². The molecule has 2 heterocycles. The maximum atomic E-state index is 12.0. The van der Waals surface area contributed by atoms with Crippen LogP contribution in [0.5, 0.6) is 0 Å². The standard InChI is InChI=1S/C15H11N3O4S/c1-9-2-4-12(22-9)8-16-17-15(19)14-7-10-6-11(18(20)21)3-5-13(10)23-14/h2-8H,1H3,(H,17,19)/b16-8-. The number of fused-ring (bicyclic) bond motifs is 1. The summed E-state index contributed by atoms with van der Waals surface area (Å²) in [4.78, 5) is 22.8. The van der Waals surface area contributed by atoms with E-state index in [-0.39, 0.29) is 11.6 Å². The van der Waals surface area contributed by atoms with Gasteiger partial charge in [0.1, 0.15) is 11.5 Å². The Hall–Kier alpha value is -3.00. The molecule has 2 aromatic heterocycles. The van der Waals surface area contributed by atoms with Crippen LogP contribution in [0.4, 0.5) is 5.69 Å². The molecule has 0 aliphatic carbocycles. The van der Waals surface area contributed by atoms with E-state index >= 15 is 0 Å². The first-order chi connectivity index (χ1) is 11.0. The highest BCUT2D eigenvalue weighted by Gasteiger charge is 2.12. The number of aryl methyl sites for hydroxylation is 1. The van der Waals surface area contributed by atoms with Gasteiger partial charge in [-0.25, -0.2) is 5.43 Å². The zero-order valence-corrected chi connectivity index (χ0v) is 12.8. The second kappa shape index (κ2) is 6.01. The van der Waals surface area contributed by atoms with Crippen LogP contribution in [0.2, 0.25) is 0 Å². The van der Waals surface area contributed by atoms with Crippen molar-refractivity contribution in [3.8, 4) is 0 Å². The number of carbonyl (C=O) groups is 1. The minimum Gasteiger partial charge on any atom is -0.460 e. The Labute approximate surface area is 134 Å². The number of rotatable bonds is 4. The van der Waals surface area contributed by atoms with Crippen molar-refractivity contribution in [2.24, 2.45) is 5.10 Å². The highest BCUT2D eigenvalue weighted by Crippen LogP contribution is 2.28. The van der Waals surface area contributed by atoms with Gasteiger partial charge in [-0.05, 0) is 31.2 Å². The van der Waals surface area contributed by atoms with Crippen LogP contribution in [-0.2, 0) is 0 Å². The van der Waals surface area contributed by atoms with E-state index in [9.17, 15) is 14.9 Å². The second-order valence-corrected chi connectivity index (χ2v) is 5.82. The van der Waals surface area contributed by atoms with E-state index in [0.29, 0.717) is 16.0 Å². The minimum absolute atomic E-state index is 0.00605. The van der Waals surface area contributed by atoms with Crippen LogP contribution >= 0.6 is 11.3 Å². The van der Waals surface area contributed by atoms with Gasteiger partial charge < -0.3 is 4.42 Å². The smallest absolute Gasteiger partial charge is 0.281 e. The van der Waals surface area contributed by atoms with E-state index in [0.717, 1.165) is 10.5 Å². The number of nitrogens with one attached hydrogen (secondary N) is 1. The van der Waals surface area contributed by atoms with Crippen LogP contribution in [0.15, 0.2) is 45.9 Å². The third-order valence-corrected chi connectivity index (χ3v) is 4.17. The summed E-state index contributed by atoms with van der Waals surface area (Å²) in [5.74, 6) is 0.909. The first kappa shape index (κ1) is 14.9. The number of hydrogen-bond donors (Lipinski definition) is 1. The molecule has 8 heteroatoms. The maximum absolute atomic E-state index is 12.0. The summed E-state index contributed by atoms with van der Waals surface area (Å²) in [6.45, 7) is 1.81. The van der Waals surface area contributed by atoms with Gasteiger partial charge in [-0.15, -0.1) is 11.3 Å². The molecule has 0 unspecified atom stereocenters. The molecule has 0 bridgehead atoms. The van der Waals surface area contributed by atoms with Crippen molar-refractivity contribution in [1.82, 2.24) is 5.43 Å². The predicted octanol–water partition coefficient (Wildman–Crippen LogP) is 3.47. The largest absolute Gasteiger partial charge is 0.460 e. The first-order valence-electron chi connectivity index (χ1n) is 6.61. The summed E-state index contributed by atoms with van der Waals surface area (Å²) in [7, 11) is 0. The van der Waals surface area contributed by atoms with E-state index < -0.39 is 4.92 Å². The Balaban J connectivity index is 1.75. The zero-order valence-electron chi connectivity index (χ0n) is 12.0. The lowest BCUT2D eigenvalue weighted by Gasteiger charge is -1.94. The molecule has 0 aliphatic heterocycles. The molecule has 116 valence electrons. The lowest BCUT2D eigenvalue weighted by Crippen LogP contribution is -2.15. The summed E-state index contributed by atoms with van der Waals surface area (Å²) in [6.07, 6.45) is 1.41. The van der Waals surface area contributed by atoms with Gasteiger partial charge in [0.15, 0.2) is 0 Å². The van der Waals surface area contributed by atoms with Crippen molar-refractivity contribution in [3.05, 3.63) is 62.9 Å². The fourth-order valence-corrected chi connectivity index (χ4v) is 2.92. The fourth-order valence-electron chi connectivity index (χ4n) is 1.99. The molecule has 0 saturated carbocycles. The Bertz CT molecular complexity index is 926. The summed E-state index contributed by atoms with van der Waals surface area (Å²) in [6, 6.07) is 9.62. The van der Waals surface area contributed by atoms with Gasteiger partial charge >= 0.3 is 0 Å². The number of benzene rings is 1. The molecule has 7 nitrogen and oxygen atoms in total. The Morgan fingerprint density at radius 2 is 2.17 bits per heavy atom. The molecule has 1 N–H and O–H groups in total. The fraction of sp³-hybridized carbons (Fsp3) is 0.0667. The van der Waals surface area contributed by atoms with Gasteiger partial charge in [-0.2, -0.15) is 5.10 Å². The molecule has 0 atom stereocenters. The Kier molecular flexibility index (Phi) is 3.90. The van der Waals surface area contributed by atoms with Crippen molar-refractivity contribution in [2.45, 2.75) is 6.92 Å². The average molecular weight is 329 g/mol. The van der Waals surface area contributed by atoms with Crippen LogP contribution < -0.4 is 5.43 Å². The third kappa shape index (κ3) is 3.27. The second-order valence-electron chi connectivity index (χ2n) is 4.74. The number of hydrazone groups is 1. The quantitative estimate of drug-likeness (QED) is 0.450. The molecule has 1 aromatic carbocycles. The Morgan fingerprint density at radius 3 is 2.87 bits per heavy atom. The normalized spacial score (nSPS) is 11.2. The number of nitro benzene ring substituents is 1. The van der Waals surface area contributed by atoms with Gasteiger partial charge in [0, 0.05) is 22.2 Å². The molecule has 0 radical (unpaired) electrons. The molecule has 0 aliphatic rings. The van der Waals surface area contributed by atoms with Crippen molar-refractivity contribution in [1.29, 1.82) is 0 Å². The monoisotopic (exact) mass is 329 g/mol. The highest BCUT2D eigenvalue weighted by atomic mass is 32.1. The molecule has 3 aromatic rings. The number of amides is 1. The molecular weight excluding hydrogens is 318 g/mol. The van der Waals surface area contributed by atoms with Gasteiger partial charge in [-0.1, -0.05) is 0 Å². The van der Waals surface area contributed by atoms with E-state index in [2.05, 4.69) is 10.5 Å². The molecule has 1 amide bonds. The summed E-state index contributed by atoms with van der Waals surface area (Å²) < 4.78 is 6.09. The van der Waals surface area contributed by atoms with Crippen molar-refractivity contribution >= 4 is 39.2 Å². The third-order valence-electron chi connectivity index (χ3n) is 3.05. The summed E-state index contributed by atoms with van der Waals surface area (Å²) >= 11 is 1.24. The Morgan fingerprint density at radius 1 is 1.35 bits per heavy atom. The number of thiophene rings is 1. The van der Waals surface area contributed by atoms with Gasteiger partial charge in [0.2, 0.25) is 0 Å². The maximum Gasteiger partial charge on any atom is 0.281 e. The number of non-ortho nitro benzene ring substituents is 1. The zero-order chi connectivity index (χ0) is 16.4. The van der Waals surface area contributed by atoms with E-state index in [4.69, 9.17) is 4.42 Å². The SMILES string of the molecule is Cc1ccc(/C=N\NC(=O)c2cc3cc([N+](=O)[O-])ccc3s2)o1. The topological polar surface area (TPSA) is 97.7 Å². The van der Waals surface area contributed by atoms with Crippen LogP contribution in [0.3, 0.4) is 0 Å². The molecule has 3 rings (SSSR count). The van der Waals surface area contributed by atoms with E-state index in [1.165, 1.54) is 29.7 Å². The van der Waals surface area contributed by atoms with Gasteiger partial charge in [-0.3, -0.25) is 14.9 Å². The van der Waals surface area contributed by atoms with Gasteiger partial charge in [0.25, 0.3) is 11.6 Å². The highest BCUT2D eigenvalue weighted by molar-refractivity contribution is 7.20. The van der Waals surface area contributed by atoms with Crippen molar-refractivity contribution < 1.29 is 14.1 Å². The predicted molar refractivity (Wildman–Crippen MR) is 87.0 cm³/mol. The van der Waals surface area contributed by atoms with Crippen molar-refractivity contribution in [3.63, 3.8) is 0 Å². The lowest BCUT2D eigenvalue weighted by atomic mass is 10.2. The van der Waals surface area contributed by atoms with Gasteiger partial charge in [0.05, 0.1) is 16.0 Å². The van der Waals surface area contributed by atoms with Crippen molar-refractivity contribution in [2.75, 3.05) is 0 Å². The molecule has 0 spiro atoms. The number of furan rings is 1. The van der Waals surface area contributed by atoms with Crippen LogP contribution in [0.1, 0.15) is 21.2 Å². The molecular formula is C15H11N3O4S. The van der Waals surface area contributed by atoms with E-state index in [1.54, 1.807) is 24.3 Å². The molecule has 0 saturated heterocycles. The number of hydrogen-bond acceptors (Lipinski definition) is 6. The average Bonchev–Trinajstić information content (AvgIpc) is 3.12. The van der Waals surface area contributed by atoms with Crippen LogP contribution in [0.25, 0.3) is 10.1 Å². The summed E-state index contributed by atoms with van der Waals surface area (Å²) in [5.41, 5.74) is 2.40. The summed E-state index contributed by atoms with van der Waals surface area (Å²) in [5, 5.41) is 15.2. The molecule has 0 fully saturated rings. The minimum atomic E-state index is -0.466. The van der Waals surface area contributed by atoms with Crippen LogP contribution in [-0.4, -0.2) is 17.0 Å². The number of nitrogens with zero attached hydrogens (tertiary/aromatic N) is 2. The van der Waals surface area contributed by atoms with E-state index in [1.807, 2.05) is 6.92 Å². The lowest BCUT2D eigenvalue weighted by molar-refractivity contribution is -0.384. The number of nitro groups is 1. The number of carbonyl (C=O) groups excluding carboxylic acids is 1.